The molecule has 2 aliphatic heterocycles. The van der Waals surface area contributed by atoms with Gasteiger partial charge in [0.15, 0.2) is 0 Å². The summed E-state index contributed by atoms with van der Waals surface area (Å²) >= 11 is 0. The molecule has 6 heteroatoms. The van der Waals surface area contributed by atoms with Gasteiger partial charge in [-0.2, -0.15) is 0 Å². The Morgan fingerprint density at radius 3 is 2.54 bits per heavy atom. The van der Waals surface area contributed by atoms with Crippen LogP contribution in [0.25, 0.3) is 0 Å². The molecule has 0 aromatic heterocycles. The summed E-state index contributed by atoms with van der Waals surface area (Å²) in [4.78, 5) is 41.4. The van der Waals surface area contributed by atoms with Crippen LogP contribution in [-0.4, -0.2) is 48.8 Å². The first-order chi connectivity index (χ1) is 13.3. The van der Waals surface area contributed by atoms with Crippen LogP contribution in [0.5, 0.6) is 0 Å². The van der Waals surface area contributed by atoms with Gasteiger partial charge in [-0.25, -0.2) is 0 Å². The van der Waals surface area contributed by atoms with E-state index in [0.717, 1.165) is 24.1 Å². The second kappa shape index (κ2) is 8.76. The third-order valence-electron chi connectivity index (χ3n) is 5.61. The highest BCUT2D eigenvalue weighted by Gasteiger charge is 2.39. The van der Waals surface area contributed by atoms with Gasteiger partial charge >= 0.3 is 0 Å². The molecule has 3 rings (SSSR count). The SMILES string of the molecule is Cc1ccc(N2C[C@@H](C(=O)N3CCC[C@@H](C(=O)NCC(C)C)C3)CC2=O)cc1. The number of amides is 3. The minimum atomic E-state index is -0.328. The van der Waals surface area contributed by atoms with Crippen molar-refractivity contribution in [3.63, 3.8) is 0 Å². The molecule has 0 saturated carbocycles. The molecule has 1 aromatic rings. The minimum Gasteiger partial charge on any atom is -0.356 e. The Morgan fingerprint density at radius 1 is 1.14 bits per heavy atom. The normalized spacial score (nSPS) is 22.6. The lowest BCUT2D eigenvalue weighted by Gasteiger charge is -2.33. The minimum absolute atomic E-state index is 0.00400. The van der Waals surface area contributed by atoms with Crippen LogP contribution >= 0.6 is 0 Å². The molecule has 0 bridgehead atoms. The molecule has 2 aliphatic rings. The van der Waals surface area contributed by atoms with Gasteiger partial charge in [-0.3, -0.25) is 14.4 Å². The third-order valence-corrected chi connectivity index (χ3v) is 5.61. The van der Waals surface area contributed by atoms with E-state index in [1.807, 2.05) is 31.2 Å². The number of nitrogens with zero attached hydrogens (tertiary/aromatic N) is 2. The Bertz CT molecular complexity index is 729. The Morgan fingerprint density at radius 2 is 1.86 bits per heavy atom. The van der Waals surface area contributed by atoms with Crippen LogP contribution in [0, 0.1) is 24.7 Å². The fourth-order valence-electron chi connectivity index (χ4n) is 3.95. The number of carbonyl (C=O) groups is 3. The number of carbonyl (C=O) groups excluding carboxylic acids is 3. The summed E-state index contributed by atoms with van der Waals surface area (Å²) in [5.41, 5.74) is 1.98. The van der Waals surface area contributed by atoms with E-state index in [1.165, 1.54) is 0 Å². The molecule has 1 aromatic carbocycles. The van der Waals surface area contributed by atoms with Gasteiger partial charge in [-0.1, -0.05) is 31.5 Å². The summed E-state index contributed by atoms with van der Waals surface area (Å²) in [6.07, 6.45) is 1.88. The predicted molar refractivity (Wildman–Crippen MR) is 109 cm³/mol. The zero-order valence-electron chi connectivity index (χ0n) is 17.1. The van der Waals surface area contributed by atoms with E-state index in [0.29, 0.717) is 32.1 Å². The van der Waals surface area contributed by atoms with Crippen molar-refractivity contribution in [1.29, 1.82) is 0 Å². The molecule has 1 N–H and O–H groups in total. The average molecular weight is 386 g/mol. The highest BCUT2D eigenvalue weighted by molar-refractivity contribution is 6.00. The summed E-state index contributed by atoms with van der Waals surface area (Å²) in [7, 11) is 0. The topological polar surface area (TPSA) is 69.7 Å². The fourth-order valence-corrected chi connectivity index (χ4v) is 3.95. The number of anilines is 1. The lowest BCUT2D eigenvalue weighted by atomic mass is 9.95. The number of nitrogens with one attached hydrogen (secondary N) is 1. The summed E-state index contributed by atoms with van der Waals surface area (Å²) in [6, 6.07) is 7.80. The molecule has 0 aliphatic carbocycles. The first-order valence-electron chi connectivity index (χ1n) is 10.3. The maximum Gasteiger partial charge on any atom is 0.228 e. The summed E-state index contributed by atoms with van der Waals surface area (Å²) in [5.74, 6) is -0.0414. The van der Waals surface area contributed by atoms with Crippen molar-refractivity contribution in [3.8, 4) is 0 Å². The van der Waals surface area contributed by atoms with Crippen molar-refractivity contribution in [3.05, 3.63) is 29.8 Å². The Balaban J connectivity index is 1.59. The van der Waals surface area contributed by atoms with Gasteiger partial charge in [-0.05, 0) is 37.8 Å². The zero-order chi connectivity index (χ0) is 20.3. The largest absolute Gasteiger partial charge is 0.356 e. The Kier molecular flexibility index (Phi) is 6.37. The van der Waals surface area contributed by atoms with Crippen LogP contribution < -0.4 is 10.2 Å². The van der Waals surface area contributed by atoms with Gasteiger partial charge in [0.2, 0.25) is 17.7 Å². The summed E-state index contributed by atoms with van der Waals surface area (Å²) in [6.45, 7) is 8.33. The van der Waals surface area contributed by atoms with Crippen molar-refractivity contribution in [1.82, 2.24) is 10.2 Å². The second-order valence-corrected chi connectivity index (χ2v) is 8.50. The van der Waals surface area contributed by atoms with Gasteiger partial charge in [0.05, 0.1) is 11.8 Å². The molecule has 2 heterocycles. The van der Waals surface area contributed by atoms with Crippen molar-refractivity contribution in [2.24, 2.45) is 17.8 Å². The number of likely N-dealkylation sites (tertiary alicyclic amines) is 1. The first kappa shape index (κ1) is 20.4. The zero-order valence-corrected chi connectivity index (χ0v) is 17.1. The first-order valence-corrected chi connectivity index (χ1v) is 10.3. The van der Waals surface area contributed by atoms with Crippen molar-refractivity contribution >= 4 is 23.4 Å². The number of hydrogen-bond acceptors (Lipinski definition) is 3. The summed E-state index contributed by atoms with van der Waals surface area (Å²) in [5, 5.41) is 2.98. The van der Waals surface area contributed by atoms with Crippen LogP contribution in [-0.2, 0) is 14.4 Å². The summed E-state index contributed by atoms with van der Waals surface area (Å²) < 4.78 is 0. The van der Waals surface area contributed by atoms with Gasteiger partial charge in [-0.15, -0.1) is 0 Å². The number of piperidine rings is 1. The van der Waals surface area contributed by atoms with Crippen LogP contribution in [0.1, 0.15) is 38.7 Å². The number of aryl methyl sites for hydroxylation is 1. The van der Waals surface area contributed by atoms with E-state index in [4.69, 9.17) is 0 Å². The lowest BCUT2D eigenvalue weighted by molar-refractivity contribution is -0.139. The molecule has 152 valence electrons. The molecular formula is C22H31N3O3. The standard InChI is InChI=1S/C22H31N3O3/c1-15(2)12-23-21(27)17-5-4-10-24(13-17)22(28)18-11-20(26)25(14-18)19-8-6-16(3)7-9-19/h6-9,15,17-18H,4-5,10-14H2,1-3H3,(H,23,27)/t17-,18+/m1/s1. The molecule has 28 heavy (non-hydrogen) atoms. The van der Waals surface area contributed by atoms with Crippen LogP contribution in [0.4, 0.5) is 5.69 Å². The highest BCUT2D eigenvalue weighted by atomic mass is 16.2. The number of hydrogen-bond donors (Lipinski definition) is 1. The lowest BCUT2D eigenvalue weighted by Crippen LogP contribution is -2.48. The van der Waals surface area contributed by atoms with Crippen LogP contribution in [0.15, 0.2) is 24.3 Å². The molecule has 0 radical (unpaired) electrons. The predicted octanol–water partition coefficient (Wildman–Crippen LogP) is 2.36. The van der Waals surface area contributed by atoms with E-state index >= 15 is 0 Å². The highest BCUT2D eigenvalue weighted by Crippen LogP contribution is 2.28. The number of benzene rings is 1. The van der Waals surface area contributed by atoms with Gasteiger partial charge in [0.25, 0.3) is 0 Å². The van der Waals surface area contributed by atoms with E-state index in [2.05, 4.69) is 19.2 Å². The Hall–Kier alpha value is -2.37. The van der Waals surface area contributed by atoms with Crippen molar-refractivity contribution in [2.75, 3.05) is 31.1 Å². The van der Waals surface area contributed by atoms with Crippen molar-refractivity contribution in [2.45, 2.75) is 40.0 Å². The monoisotopic (exact) mass is 385 g/mol. The van der Waals surface area contributed by atoms with Gasteiger partial charge < -0.3 is 15.1 Å². The molecule has 0 unspecified atom stereocenters. The molecule has 3 amide bonds. The average Bonchev–Trinajstić information content (AvgIpc) is 3.07. The molecular weight excluding hydrogens is 354 g/mol. The van der Waals surface area contributed by atoms with E-state index in [1.54, 1.807) is 9.80 Å². The van der Waals surface area contributed by atoms with Gasteiger partial charge in [0, 0.05) is 38.3 Å². The quantitative estimate of drug-likeness (QED) is 0.846. The smallest absolute Gasteiger partial charge is 0.228 e. The Labute approximate surface area is 167 Å². The second-order valence-electron chi connectivity index (χ2n) is 8.50. The fraction of sp³-hybridized carbons (Fsp3) is 0.591. The van der Waals surface area contributed by atoms with Crippen molar-refractivity contribution < 1.29 is 14.4 Å². The third kappa shape index (κ3) is 4.72. The maximum absolute atomic E-state index is 13.0. The van der Waals surface area contributed by atoms with Gasteiger partial charge in [0.1, 0.15) is 0 Å². The van der Waals surface area contributed by atoms with E-state index in [-0.39, 0.29) is 36.0 Å². The molecule has 2 fully saturated rings. The molecule has 2 saturated heterocycles. The maximum atomic E-state index is 13.0. The number of rotatable bonds is 5. The van der Waals surface area contributed by atoms with Crippen LogP contribution in [0.3, 0.4) is 0 Å². The van der Waals surface area contributed by atoms with Crippen LogP contribution in [0.2, 0.25) is 0 Å². The molecule has 2 atom stereocenters. The molecule has 6 nitrogen and oxygen atoms in total. The molecule has 0 spiro atoms. The van der Waals surface area contributed by atoms with E-state index in [9.17, 15) is 14.4 Å². The van der Waals surface area contributed by atoms with E-state index < -0.39 is 0 Å².